The van der Waals surface area contributed by atoms with Crippen LogP contribution in [0.3, 0.4) is 0 Å². The summed E-state index contributed by atoms with van der Waals surface area (Å²) in [7, 11) is 0. The molecular weight excluding hydrogens is 316 g/mol. The number of benzene rings is 2. The van der Waals surface area contributed by atoms with Gasteiger partial charge in [-0.3, -0.25) is 0 Å². The Kier molecular flexibility index (Phi) is 7.08. The summed E-state index contributed by atoms with van der Waals surface area (Å²) in [5.41, 5.74) is 5.33. The predicted molar refractivity (Wildman–Crippen MR) is 111 cm³/mol. The first kappa shape index (κ1) is 18.9. The fraction of sp³-hybridized carbons (Fsp3) is 0.440. The van der Waals surface area contributed by atoms with Crippen LogP contribution in [0.5, 0.6) is 0 Å². The molecule has 0 bridgehead atoms. The summed E-state index contributed by atoms with van der Waals surface area (Å²) in [6, 6.07) is 18.0. The fourth-order valence-corrected chi connectivity index (χ4v) is 3.87. The molecule has 3 rings (SSSR count). The summed E-state index contributed by atoms with van der Waals surface area (Å²) >= 11 is 0. The Balaban J connectivity index is 1.57. The van der Waals surface area contributed by atoms with Crippen molar-refractivity contribution in [1.29, 1.82) is 0 Å². The van der Waals surface area contributed by atoms with Crippen LogP contribution >= 0.6 is 0 Å². The highest BCUT2D eigenvalue weighted by Gasteiger charge is 2.20. The van der Waals surface area contributed by atoms with Crippen LogP contribution in [-0.4, -0.2) is 6.61 Å². The average Bonchev–Trinajstić information content (AvgIpc) is 2.72. The second-order valence-electron chi connectivity index (χ2n) is 7.57. The van der Waals surface area contributed by atoms with E-state index in [1.54, 1.807) is 0 Å². The van der Waals surface area contributed by atoms with Gasteiger partial charge in [0.05, 0.1) is 6.61 Å². The van der Waals surface area contributed by atoms with E-state index in [0.29, 0.717) is 6.61 Å². The molecule has 2 aromatic rings. The van der Waals surface area contributed by atoms with Crippen LogP contribution in [0.4, 0.5) is 0 Å². The molecule has 0 heterocycles. The molecule has 0 atom stereocenters. The minimum Gasteiger partial charge on any atom is -0.377 e. The minimum absolute atomic E-state index is 0.715. The van der Waals surface area contributed by atoms with Gasteiger partial charge in [-0.05, 0) is 66.2 Å². The standard InChI is InChI=1S/C25H32O/c1-3-5-18-26-19-21-8-12-23(13-9-21)25-16-14-24(15-17-25)22-10-6-20(4-2)7-11-22/h4,8-9,12-17,20,22H,2-3,5-7,10-11,18-19H2,1H3. The molecule has 138 valence electrons. The van der Waals surface area contributed by atoms with E-state index in [1.165, 1.54) is 54.4 Å². The maximum Gasteiger partial charge on any atom is 0.0716 e. The van der Waals surface area contributed by atoms with Gasteiger partial charge in [-0.25, -0.2) is 0 Å². The molecule has 0 aromatic heterocycles. The third kappa shape index (κ3) is 5.08. The predicted octanol–water partition coefficient (Wildman–Crippen LogP) is 7.13. The zero-order valence-corrected chi connectivity index (χ0v) is 16.1. The first-order chi connectivity index (χ1) is 12.8. The lowest BCUT2D eigenvalue weighted by atomic mass is 9.78. The molecule has 0 aliphatic heterocycles. The van der Waals surface area contributed by atoms with Gasteiger partial charge in [0.15, 0.2) is 0 Å². The lowest BCUT2D eigenvalue weighted by Crippen LogP contribution is -2.11. The lowest BCUT2D eigenvalue weighted by molar-refractivity contribution is 0.118. The number of hydrogen-bond donors (Lipinski definition) is 0. The Morgan fingerprint density at radius 2 is 1.54 bits per heavy atom. The van der Waals surface area contributed by atoms with Crippen LogP contribution in [0.15, 0.2) is 61.2 Å². The van der Waals surface area contributed by atoms with E-state index in [-0.39, 0.29) is 0 Å². The van der Waals surface area contributed by atoms with Gasteiger partial charge in [0.1, 0.15) is 0 Å². The van der Waals surface area contributed by atoms with Gasteiger partial charge in [-0.2, -0.15) is 0 Å². The Morgan fingerprint density at radius 1 is 0.923 bits per heavy atom. The molecule has 0 spiro atoms. The molecule has 0 saturated heterocycles. The van der Waals surface area contributed by atoms with Crippen molar-refractivity contribution < 1.29 is 4.74 Å². The monoisotopic (exact) mass is 348 g/mol. The van der Waals surface area contributed by atoms with Gasteiger partial charge >= 0.3 is 0 Å². The molecule has 0 unspecified atom stereocenters. The minimum atomic E-state index is 0.715. The lowest BCUT2D eigenvalue weighted by Gasteiger charge is -2.27. The van der Waals surface area contributed by atoms with E-state index in [0.717, 1.165) is 24.9 Å². The highest BCUT2D eigenvalue weighted by molar-refractivity contribution is 5.64. The SMILES string of the molecule is C=CC1CCC(c2ccc(-c3ccc(COCCCC)cc3)cc2)CC1. The van der Waals surface area contributed by atoms with Crippen molar-refractivity contribution in [2.45, 2.75) is 58.0 Å². The van der Waals surface area contributed by atoms with Crippen LogP contribution in [0.1, 0.15) is 62.5 Å². The summed E-state index contributed by atoms with van der Waals surface area (Å²) in [5.74, 6) is 1.46. The summed E-state index contributed by atoms with van der Waals surface area (Å²) in [5, 5.41) is 0. The van der Waals surface area contributed by atoms with Gasteiger partial charge in [0.2, 0.25) is 0 Å². The van der Waals surface area contributed by atoms with E-state index in [4.69, 9.17) is 4.74 Å². The van der Waals surface area contributed by atoms with Crippen molar-refractivity contribution >= 4 is 0 Å². The summed E-state index contributed by atoms with van der Waals surface area (Å²) in [6.45, 7) is 7.71. The topological polar surface area (TPSA) is 9.23 Å². The first-order valence-corrected chi connectivity index (χ1v) is 10.2. The largest absolute Gasteiger partial charge is 0.377 e. The highest BCUT2D eigenvalue weighted by Crippen LogP contribution is 2.36. The maximum atomic E-state index is 5.70. The van der Waals surface area contributed by atoms with Crippen LogP contribution in [0.25, 0.3) is 11.1 Å². The van der Waals surface area contributed by atoms with Crippen molar-refractivity contribution in [3.05, 3.63) is 72.3 Å². The summed E-state index contributed by atoms with van der Waals surface area (Å²) in [6.07, 6.45) is 9.63. The van der Waals surface area contributed by atoms with Crippen molar-refractivity contribution in [3.63, 3.8) is 0 Å². The smallest absolute Gasteiger partial charge is 0.0716 e. The fourth-order valence-electron chi connectivity index (χ4n) is 3.87. The molecule has 1 aliphatic carbocycles. The third-order valence-corrected chi connectivity index (χ3v) is 5.69. The molecule has 0 N–H and O–H groups in total. The molecule has 26 heavy (non-hydrogen) atoms. The van der Waals surface area contributed by atoms with E-state index in [1.807, 2.05) is 0 Å². The molecule has 0 radical (unpaired) electrons. The van der Waals surface area contributed by atoms with E-state index in [9.17, 15) is 0 Å². The number of allylic oxidation sites excluding steroid dienone is 1. The van der Waals surface area contributed by atoms with Crippen LogP contribution in [-0.2, 0) is 11.3 Å². The summed E-state index contributed by atoms with van der Waals surface area (Å²) < 4.78 is 5.70. The molecular formula is C25H32O. The van der Waals surface area contributed by atoms with E-state index >= 15 is 0 Å². The Labute approximate surface area is 159 Å². The van der Waals surface area contributed by atoms with Crippen LogP contribution in [0.2, 0.25) is 0 Å². The Bertz CT molecular complexity index is 660. The molecule has 1 fully saturated rings. The second kappa shape index (κ2) is 9.73. The molecule has 1 saturated carbocycles. The zero-order valence-electron chi connectivity index (χ0n) is 16.1. The molecule has 0 amide bonds. The number of rotatable bonds is 8. The van der Waals surface area contributed by atoms with Gasteiger partial charge in [0, 0.05) is 6.61 Å². The van der Waals surface area contributed by atoms with Gasteiger partial charge < -0.3 is 4.74 Å². The maximum absolute atomic E-state index is 5.70. The van der Waals surface area contributed by atoms with Gasteiger partial charge in [0.25, 0.3) is 0 Å². The number of hydrogen-bond acceptors (Lipinski definition) is 1. The molecule has 1 nitrogen and oxygen atoms in total. The van der Waals surface area contributed by atoms with Crippen LogP contribution < -0.4 is 0 Å². The van der Waals surface area contributed by atoms with Crippen LogP contribution in [0, 0.1) is 5.92 Å². The zero-order chi connectivity index (χ0) is 18.2. The van der Waals surface area contributed by atoms with Crippen molar-refractivity contribution in [3.8, 4) is 11.1 Å². The third-order valence-electron chi connectivity index (χ3n) is 5.69. The molecule has 1 heteroatoms. The summed E-state index contributed by atoms with van der Waals surface area (Å²) in [4.78, 5) is 0. The van der Waals surface area contributed by atoms with Crippen molar-refractivity contribution in [1.82, 2.24) is 0 Å². The Morgan fingerprint density at radius 3 is 2.12 bits per heavy atom. The normalized spacial score (nSPS) is 20.0. The van der Waals surface area contributed by atoms with Crippen molar-refractivity contribution in [2.75, 3.05) is 6.61 Å². The van der Waals surface area contributed by atoms with E-state index in [2.05, 4.69) is 68.1 Å². The number of ether oxygens (including phenoxy) is 1. The van der Waals surface area contributed by atoms with Crippen molar-refractivity contribution in [2.24, 2.45) is 5.92 Å². The Hall–Kier alpha value is -1.86. The second-order valence-corrected chi connectivity index (χ2v) is 7.57. The molecule has 1 aliphatic rings. The highest BCUT2D eigenvalue weighted by atomic mass is 16.5. The van der Waals surface area contributed by atoms with Gasteiger partial charge in [-0.15, -0.1) is 6.58 Å². The first-order valence-electron chi connectivity index (χ1n) is 10.2. The van der Waals surface area contributed by atoms with Gasteiger partial charge in [-0.1, -0.05) is 68.0 Å². The quantitative estimate of drug-likeness (QED) is 0.364. The molecule has 2 aromatic carbocycles. The van der Waals surface area contributed by atoms with E-state index < -0.39 is 0 Å². The number of unbranched alkanes of at least 4 members (excludes halogenated alkanes) is 1. The average molecular weight is 349 g/mol.